The van der Waals surface area contributed by atoms with Crippen molar-refractivity contribution in [1.82, 2.24) is 10.6 Å². The molecule has 0 aromatic heterocycles. The highest BCUT2D eigenvalue weighted by Gasteiger charge is 2.41. The third-order valence-corrected chi connectivity index (χ3v) is 6.20. The number of piperidine rings is 1. The number of carbonyl (C=O) groups is 1. The number of aliphatic hydroxyl groups is 1. The van der Waals surface area contributed by atoms with Crippen LogP contribution < -0.4 is 15.4 Å². The summed E-state index contributed by atoms with van der Waals surface area (Å²) in [5, 5.41) is 18.6. The third-order valence-electron chi connectivity index (χ3n) is 5.90. The molecule has 31 heavy (non-hydrogen) atoms. The van der Waals surface area contributed by atoms with Gasteiger partial charge in [0.2, 0.25) is 0 Å². The van der Waals surface area contributed by atoms with Crippen LogP contribution in [0.4, 0.5) is 4.79 Å². The van der Waals surface area contributed by atoms with Crippen LogP contribution in [-0.4, -0.2) is 37.9 Å². The van der Waals surface area contributed by atoms with E-state index in [4.69, 9.17) is 16.3 Å². The van der Waals surface area contributed by atoms with Crippen molar-refractivity contribution >= 4 is 17.7 Å². The quantitative estimate of drug-likeness (QED) is 0.509. The van der Waals surface area contributed by atoms with Gasteiger partial charge in [-0.05, 0) is 56.8 Å². The van der Waals surface area contributed by atoms with Crippen molar-refractivity contribution < 1.29 is 19.4 Å². The summed E-state index contributed by atoms with van der Waals surface area (Å²) in [6.07, 6.45) is 2.44. The highest BCUT2D eigenvalue weighted by Crippen LogP contribution is 2.46. The number of methoxy groups -OCH3 is 1. The number of carbonyl (C=O) groups excluding carboxylic acids is 1. The summed E-state index contributed by atoms with van der Waals surface area (Å²) in [4.78, 5) is 11.4. The highest BCUT2D eigenvalue weighted by molar-refractivity contribution is 6.32. The summed E-state index contributed by atoms with van der Waals surface area (Å²) in [6, 6.07) is 13.2. The molecule has 3 N–H and O–H groups in total. The van der Waals surface area contributed by atoms with Crippen LogP contribution in [0.2, 0.25) is 5.02 Å². The average molecular weight is 447 g/mol. The Morgan fingerprint density at radius 3 is 2.81 bits per heavy atom. The van der Waals surface area contributed by atoms with Gasteiger partial charge in [0.15, 0.2) is 5.75 Å². The van der Waals surface area contributed by atoms with E-state index < -0.39 is 11.7 Å². The van der Waals surface area contributed by atoms with Crippen molar-refractivity contribution in [2.24, 2.45) is 5.92 Å². The third kappa shape index (κ3) is 5.70. The molecule has 1 amide bonds. The van der Waals surface area contributed by atoms with Crippen LogP contribution in [0.5, 0.6) is 11.5 Å². The van der Waals surface area contributed by atoms with Gasteiger partial charge >= 0.3 is 6.09 Å². The van der Waals surface area contributed by atoms with E-state index in [1.54, 1.807) is 6.07 Å². The molecule has 0 saturated carbocycles. The number of para-hydroxylation sites is 2. The van der Waals surface area contributed by atoms with E-state index in [0.29, 0.717) is 48.0 Å². The van der Waals surface area contributed by atoms with Gasteiger partial charge in [0.25, 0.3) is 0 Å². The molecule has 2 atom stereocenters. The second kappa shape index (κ2) is 10.8. The topological polar surface area (TPSA) is 79.8 Å². The fraction of sp³-hybridized carbons (Fsp3) is 0.458. The average Bonchev–Trinajstić information content (AvgIpc) is 2.79. The first-order valence-electron chi connectivity index (χ1n) is 10.7. The Morgan fingerprint density at radius 1 is 1.29 bits per heavy atom. The largest absolute Gasteiger partial charge is 0.455 e. The minimum absolute atomic E-state index is 0.00272. The molecule has 1 saturated heterocycles. The molecule has 3 rings (SSSR count). The summed E-state index contributed by atoms with van der Waals surface area (Å²) < 4.78 is 10.9. The molecule has 0 spiro atoms. The second-order valence-electron chi connectivity index (χ2n) is 7.97. The zero-order chi connectivity index (χ0) is 22.3. The van der Waals surface area contributed by atoms with Crippen molar-refractivity contribution in [2.45, 2.75) is 38.2 Å². The van der Waals surface area contributed by atoms with E-state index in [-0.39, 0.29) is 5.92 Å². The fourth-order valence-corrected chi connectivity index (χ4v) is 4.39. The lowest BCUT2D eigenvalue weighted by Crippen LogP contribution is -2.45. The molecule has 2 aromatic rings. The van der Waals surface area contributed by atoms with E-state index in [0.717, 1.165) is 24.9 Å². The lowest BCUT2D eigenvalue weighted by atomic mass is 9.74. The van der Waals surface area contributed by atoms with Gasteiger partial charge in [-0.25, -0.2) is 4.79 Å². The first-order chi connectivity index (χ1) is 15.0. The minimum atomic E-state index is -1.16. The Morgan fingerprint density at radius 2 is 2.10 bits per heavy atom. The van der Waals surface area contributed by atoms with E-state index in [1.807, 2.05) is 43.3 Å². The van der Waals surface area contributed by atoms with Crippen LogP contribution in [0.1, 0.15) is 36.8 Å². The number of benzene rings is 2. The van der Waals surface area contributed by atoms with Crippen molar-refractivity contribution in [3.05, 3.63) is 58.6 Å². The SMILES string of the molecule is COC(=O)NCCC[C@@](O)(c1cccc(Cl)c1Oc1ccccc1C)[C@@H]1CCCNC1. The molecule has 1 fully saturated rings. The van der Waals surface area contributed by atoms with Gasteiger partial charge in [0.1, 0.15) is 5.75 Å². The van der Waals surface area contributed by atoms with E-state index in [1.165, 1.54) is 7.11 Å². The molecule has 0 bridgehead atoms. The van der Waals surface area contributed by atoms with Crippen molar-refractivity contribution in [3.8, 4) is 11.5 Å². The number of amides is 1. The van der Waals surface area contributed by atoms with Gasteiger partial charge in [-0.1, -0.05) is 41.9 Å². The molecule has 1 heterocycles. The first kappa shape index (κ1) is 23.4. The number of hydrogen-bond donors (Lipinski definition) is 3. The lowest BCUT2D eigenvalue weighted by Gasteiger charge is -2.40. The summed E-state index contributed by atoms with van der Waals surface area (Å²) in [7, 11) is 1.33. The van der Waals surface area contributed by atoms with E-state index in [2.05, 4.69) is 15.4 Å². The highest BCUT2D eigenvalue weighted by atomic mass is 35.5. The molecule has 7 heteroatoms. The zero-order valence-corrected chi connectivity index (χ0v) is 18.9. The smallest absolute Gasteiger partial charge is 0.406 e. The van der Waals surface area contributed by atoms with Crippen LogP contribution >= 0.6 is 11.6 Å². The predicted octanol–water partition coefficient (Wildman–Crippen LogP) is 4.76. The maximum Gasteiger partial charge on any atom is 0.406 e. The van der Waals surface area contributed by atoms with Gasteiger partial charge in [0.05, 0.1) is 17.7 Å². The molecule has 0 radical (unpaired) electrons. The van der Waals surface area contributed by atoms with E-state index >= 15 is 0 Å². The van der Waals surface area contributed by atoms with Gasteiger partial charge in [-0.3, -0.25) is 0 Å². The molecular formula is C24H31ClN2O4. The summed E-state index contributed by atoms with van der Waals surface area (Å²) in [5.74, 6) is 1.18. The van der Waals surface area contributed by atoms with Crippen molar-refractivity contribution in [2.75, 3.05) is 26.7 Å². The van der Waals surface area contributed by atoms with Gasteiger partial charge in [0, 0.05) is 24.6 Å². The fourth-order valence-electron chi connectivity index (χ4n) is 4.17. The van der Waals surface area contributed by atoms with Gasteiger partial charge < -0.3 is 25.2 Å². The van der Waals surface area contributed by atoms with Crippen LogP contribution in [0.25, 0.3) is 0 Å². The van der Waals surface area contributed by atoms with Crippen LogP contribution in [0.3, 0.4) is 0 Å². The number of halogens is 1. The van der Waals surface area contributed by atoms with E-state index in [9.17, 15) is 9.90 Å². The van der Waals surface area contributed by atoms with Crippen molar-refractivity contribution in [1.29, 1.82) is 0 Å². The zero-order valence-electron chi connectivity index (χ0n) is 18.1. The molecule has 0 aliphatic carbocycles. The van der Waals surface area contributed by atoms with Crippen LogP contribution in [0.15, 0.2) is 42.5 Å². The Hall–Kier alpha value is -2.28. The summed E-state index contributed by atoms with van der Waals surface area (Å²) in [5.41, 5.74) is 0.502. The molecule has 6 nitrogen and oxygen atoms in total. The molecule has 168 valence electrons. The number of ether oxygens (including phenoxy) is 2. The number of nitrogens with one attached hydrogen (secondary N) is 2. The molecule has 0 unspecified atom stereocenters. The second-order valence-corrected chi connectivity index (χ2v) is 8.38. The minimum Gasteiger partial charge on any atom is -0.455 e. The monoisotopic (exact) mass is 446 g/mol. The Balaban J connectivity index is 1.93. The van der Waals surface area contributed by atoms with Crippen molar-refractivity contribution in [3.63, 3.8) is 0 Å². The standard InChI is InChI=1S/C24H31ClN2O4/c1-17-8-3-4-12-21(17)31-22-19(10-5-11-20(22)25)24(29,18-9-6-14-26-16-18)13-7-15-27-23(28)30-2/h3-5,8,10-12,18,26,29H,6-7,9,13-16H2,1-2H3,(H,27,28)/t18-,24+/m1/s1. The molecule has 2 aromatic carbocycles. The molecule has 1 aliphatic rings. The van der Waals surface area contributed by atoms with Gasteiger partial charge in [-0.2, -0.15) is 0 Å². The maximum atomic E-state index is 12.1. The summed E-state index contributed by atoms with van der Waals surface area (Å²) in [6.45, 7) is 4.03. The first-order valence-corrected chi connectivity index (χ1v) is 11.1. The van der Waals surface area contributed by atoms with Gasteiger partial charge in [-0.15, -0.1) is 0 Å². The summed E-state index contributed by atoms with van der Waals surface area (Å²) >= 11 is 6.57. The lowest BCUT2D eigenvalue weighted by molar-refractivity contribution is -0.0433. The number of hydrogen-bond acceptors (Lipinski definition) is 5. The molecular weight excluding hydrogens is 416 g/mol. The molecule has 1 aliphatic heterocycles. The predicted molar refractivity (Wildman–Crippen MR) is 122 cm³/mol. The maximum absolute atomic E-state index is 12.1. The Kier molecular flexibility index (Phi) is 8.18. The number of rotatable bonds is 8. The Labute approximate surface area is 188 Å². The number of aryl methyl sites for hydroxylation is 1. The van der Waals surface area contributed by atoms with Crippen LogP contribution in [0, 0.1) is 12.8 Å². The number of alkyl carbamates (subject to hydrolysis) is 1. The normalized spacial score (nSPS) is 18.1. The Bertz CT molecular complexity index is 886. The van der Waals surface area contributed by atoms with Crippen LogP contribution in [-0.2, 0) is 10.3 Å².